The van der Waals surface area contributed by atoms with Gasteiger partial charge in [-0.2, -0.15) is 0 Å². The van der Waals surface area contributed by atoms with Crippen LogP contribution >= 0.6 is 0 Å². The number of aryl methyl sites for hydroxylation is 1. The molecule has 1 fully saturated rings. The number of nitrogens with zero attached hydrogens (tertiary/aromatic N) is 2. The smallest absolute Gasteiger partial charge is 0.410 e. The Morgan fingerprint density at radius 1 is 1.27 bits per heavy atom. The van der Waals surface area contributed by atoms with Crippen molar-refractivity contribution in [1.82, 2.24) is 9.80 Å². The SMILES string of the molecule is COc1ccc2c(c1)C(O)(CN(CC1CCN(C(=O)CN)CC1)C(=O)OC(C)(C)C)CCC2. The molecule has 0 saturated carbocycles. The Hall–Kier alpha value is -2.32. The molecule has 184 valence electrons. The molecule has 0 radical (unpaired) electrons. The van der Waals surface area contributed by atoms with E-state index in [1.165, 1.54) is 0 Å². The quantitative estimate of drug-likeness (QED) is 0.675. The van der Waals surface area contributed by atoms with Crippen LogP contribution in [-0.2, 0) is 21.6 Å². The molecule has 8 heteroatoms. The maximum absolute atomic E-state index is 13.2. The molecule has 1 aromatic rings. The fourth-order valence-electron chi connectivity index (χ4n) is 4.86. The third kappa shape index (κ3) is 6.38. The van der Waals surface area contributed by atoms with E-state index >= 15 is 0 Å². The summed E-state index contributed by atoms with van der Waals surface area (Å²) in [5.74, 6) is 0.866. The lowest BCUT2D eigenvalue weighted by Gasteiger charge is -2.41. The maximum Gasteiger partial charge on any atom is 0.410 e. The number of likely N-dealkylation sites (tertiary alicyclic amines) is 1. The number of methoxy groups -OCH3 is 1. The van der Waals surface area contributed by atoms with E-state index in [9.17, 15) is 14.7 Å². The highest BCUT2D eigenvalue weighted by Crippen LogP contribution is 2.38. The summed E-state index contributed by atoms with van der Waals surface area (Å²) in [7, 11) is 1.61. The topological polar surface area (TPSA) is 105 Å². The maximum atomic E-state index is 13.2. The largest absolute Gasteiger partial charge is 0.497 e. The number of rotatable bonds is 6. The highest BCUT2D eigenvalue weighted by molar-refractivity contribution is 5.78. The van der Waals surface area contributed by atoms with E-state index in [4.69, 9.17) is 15.2 Å². The number of aliphatic hydroxyl groups is 1. The molecule has 3 N–H and O–H groups in total. The minimum atomic E-state index is -1.17. The van der Waals surface area contributed by atoms with Crippen LogP contribution in [0.15, 0.2) is 18.2 Å². The third-order valence-corrected chi connectivity index (χ3v) is 6.58. The van der Waals surface area contributed by atoms with Gasteiger partial charge in [0.15, 0.2) is 0 Å². The van der Waals surface area contributed by atoms with Crippen LogP contribution < -0.4 is 10.5 Å². The molecule has 1 aliphatic heterocycles. The van der Waals surface area contributed by atoms with Crippen LogP contribution in [0.2, 0.25) is 0 Å². The molecule has 1 aliphatic carbocycles. The Balaban J connectivity index is 1.80. The van der Waals surface area contributed by atoms with E-state index in [1.807, 2.05) is 39.0 Å². The van der Waals surface area contributed by atoms with Crippen molar-refractivity contribution in [3.05, 3.63) is 29.3 Å². The number of hydrogen-bond donors (Lipinski definition) is 2. The van der Waals surface area contributed by atoms with Gasteiger partial charge in [-0.05, 0) is 82.1 Å². The number of fused-ring (bicyclic) bond motifs is 1. The van der Waals surface area contributed by atoms with Gasteiger partial charge in [-0.1, -0.05) is 6.07 Å². The summed E-state index contributed by atoms with van der Waals surface area (Å²) < 4.78 is 11.1. The molecule has 3 rings (SSSR count). The van der Waals surface area contributed by atoms with Gasteiger partial charge in [0.25, 0.3) is 0 Å². The molecular weight excluding hydrogens is 422 g/mol. The van der Waals surface area contributed by atoms with Crippen molar-refractivity contribution in [1.29, 1.82) is 0 Å². The first-order valence-electron chi connectivity index (χ1n) is 11.9. The molecule has 1 atom stereocenters. The molecule has 1 saturated heterocycles. The van der Waals surface area contributed by atoms with E-state index in [-0.39, 0.29) is 24.9 Å². The van der Waals surface area contributed by atoms with E-state index in [2.05, 4.69) is 0 Å². The highest BCUT2D eigenvalue weighted by Gasteiger charge is 2.39. The summed E-state index contributed by atoms with van der Waals surface area (Å²) >= 11 is 0. The van der Waals surface area contributed by atoms with Gasteiger partial charge in [0.1, 0.15) is 17.0 Å². The molecule has 0 aromatic heterocycles. The van der Waals surface area contributed by atoms with E-state index < -0.39 is 17.3 Å². The van der Waals surface area contributed by atoms with Gasteiger partial charge in [-0.3, -0.25) is 4.79 Å². The van der Waals surface area contributed by atoms with Crippen LogP contribution in [0.25, 0.3) is 0 Å². The molecule has 1 heterocycles. The minimum absolute atomic E-state index is 0.0185. The van der Waals surface area contributed by atoms with Crippen LogP contribution in [0.4, 0.5) is 4.79 Å². The van der Waals surface area contributed by atoms with Crippen LogP contribution in [-0.4, -0.2) is 72.3 Å². The minimum Gasteiger partial charge on any atom is -0.497 e. The van der Waals surface area contributed by atoms with Gasteiger partial charge in [0, 0.05) is 19.6 Å². The van der Waals surface area contributed by atoms with Crippen LogP contribution in [0.1, 0.15) is 57.6 Å². The van der Waals surface area contributed by atoms with Crippen LogP contribution in [0.3, 0.4) is 0 Å². The zero-order chi connectivity index (χ0) is 24.2. The van der Waals surface area contributed by atoms with Crippen molar-refractivity contribution in [3.63, 3.8) is 0 Å². The summed E-state index contributed by atoms with van der Waals surface area (Å²) in [5, 5.41) is 11.8. The molecule has 33 heavy (non-hydrogen) atoms. The number of ether oxygens (including phenoxy) is 2. The van der Waals surface area contributed by atoms with Gasteiger partial charge >= 0.3 is 6.09 Å². The second-order valence-electron chi connectivity index (χ2n) is 10.3. The predicted molar refractivity (Wildman–Crippen MR) is 126 cm³/mol. The summed E-state index contributed by atoms with van der Waals surface area (Å²) in [6.45, 7) is 7.44. The fourth-order valence-corrected chi connectivity index (χ4v) is 4.86. The second-order valence-corrected chi connectivity index (χ2v) is 10.3. The lowest BCUT2D eigenvalue weighted by Crippen LogP contribution is -2.50. The number of hydrogen-bond acceptors (Lipinski definition) is 6. The second kappa shape index (κ2) is 10.3. The molecule has 2 aliphatic rings. The van der Waals surface area contributed by atoms with E-state index in [0.717, 1.165) is 36.8 Å². The molecule has 0 bridgehead atoms. The zero-order valence-electron chi connectivity index (χ0n) is 20.4. The van der Waals surface area contributed by atoms with Crippen molar-refractivity contribution >= 4 is 12.0 Å². The van der Waals surface area contributed by atoms with Gasteiger partial charge in [0.05, 0.1) is 20.2 Å². The number of carbonyl (C=O) groups is 2. The monoisotopic (exact) mass is 461 g/mol. The predicted octanol–water partition coefficient (Wildman–Crippen LogP) is 2.65. The van der Waals surface area contributed by atoms with Crippen LogP contribution in [0.5, 0.6) is 5.75 Å². The molecule has 1 unspecified atom stereocenters. The first-order valence-corrected chi connectivity index (χ1v) is 11.9. The molecule has 8 nitrogen and oxygen atoms in total. The average molecular weight is 462 g/mol. The van der Waals surface area contributed by atoms with E-state index in [0.29, 0.717) is 31.8 Å². The first kappa shape index (κ1) is 25.3. The van der Waals surface area contributed by atoms with Crippen molar-refractivity contribution in [2.75, 3.05) is 39.8 Å². The summed E-state index contributed by atoms with van der Waals surface area (Å²) in [6.07, 6.45) is 3.45. The summed E-state index contributed by atoms with van der Waals surface area (Å²) in [4.78, 5) is 28.5. The van der Waals surface area contributed by atoms with E-state index in [1.54, 1.807) is 16.9 Å². The number of amides is 2. The Labute approximate surface area is 197 Å². The fraction of sp³-hybridized carbons (Fsp3) is 0.680. The zero-order valence-corrected chi connectivity index (χ0v) is 20.4. The number of carbonyl (C=O) groups excluding carboxylic acids is 2. The number of nitrogens with two attached hydrogens (primary N) is 1. The van der Waals surface area contributed by atoms with Gasteiger partial charge < -0.3 is 30.1 Å². The number of benzene rings is 1. The van der Waals surface area contributed by atoms with Crippen molar-refractivity contribution in [2.24, 2.45) is 11.7 Å². The molecule has 0 spiro atoms. The highest BCUT2D eigenvalue weighted by atomic mass is 16.6. The van der Waals surface area contributed by atoms with Crippen molar-refractivity contribution < 1.29 is 24.2 Å². The van der Waals surface area contributed by atoms with Crippen molar-refractivity contribution in [3.8, 4) is 5.75 Å². The number of piperidine rings is 1. The molecular formula is C25H39N3O5. The molecule has 1 aromatic carbocycles. The normalized spacial score (nSPS) is 21.3. The Bertz CT molecular complexity index is 845. The van der Waals surface area contributed by atoms with Crippen molar-refractivity contribution in [2.45, 2.75) is 64.1 Å². The Morgan fingerprint density at radius 2 is 1.97 bits per heavy atom. The molecule has 2 amide bonds. The van der Waals surface area contributed by atoms with Gasteiger partial charge in [-0.25, -0.2) is 4.79 Å². The van der Waals surface area contributed by atoms with Gasteiger partial charge in [-0.15, -0.1) is 0 Å². The standard InChI is InChI=1S/C25H39N3O5/c1-24(2,3)33-23(30)28(16-18-9-12-27(13-10-18)22(29)15-26)17-25(31)11-5-6-19-7-8-20(32-4)14-21(19)25/h7-8,14,18,31H,5-6,9-13,15-17,26H2,1-4H3. The Kier molecular flexibility index (Phi) is 7.90. The summed E-state index contributed by atoms with van der Waals surface area (Å²) in [5.41, 5.74) is 5.60. The first-order chi connectivity index (χ1) is 15.5. The third-order valence-electron chi connectivity index (χ3n) is 6.58. The summed E-state index contributed by atoms with van der Waals surface area (Å²) in [6, 6.07) is 5.80. The average Bonchev–Trinajstić information content (AvgIpc) is 2.77. The van der Waals surface area contributed by atoms with Gasteiger partial charge in [0.2, 0.25) is 5.91 Å². The van der Waals surface area contributed by atoms with Crippen LogP contribution in [0, 0.1) is 5.92 Å². The lowest BCUT2D eigenvalue weighted by molar-refractivity contribution is -0.131. The Morgan fingerprint density at radius 3 is 2.58 bits per heavy atom. The lowest BCUT2D eigenvalue weighted by atomic mass is 9.78.